The number of hydrogen-bond acceptors (Lipinski definition) is 4. The first-order chi connectivity index (χ1) is 12.2. The van der Waals surface area contributed by atoms with E-state index in [2.05, 4.69) is 12.1 Å². The molecular formula is C20H23NO3S. The highest BCUT2D eigenvalue weighted by Gasteiger charge is 2.13. The Morgan fingerprint density at radius 1 is 1.08 bits per heavy atom. The van der Waals surface area contributed by atoms with E-state index in [1.807, 2.05) is 48.3 Å². The number of amides is 1. The number of carbonyl (C=O) groups excluding carboxylic acids is 1. The Morgan fingerprint density at radius 2 is 1.84 bits per heavy atom. The molecule has 0 saturated heterocycles. The molecule has 0 radical (unpaired) electrons. The van der Waals surface area contributed by atoms with Crippen LogP contribution < -0.4 is 9.47 Å². The molecule has 0 atom stereocenters. The number of hydrogen-bond donors (Lipinski definition) is 0. The molecule has 25 heavy (non-hydrogen) atoms. The van der Waals surface area contributed by atoms with Crippen molar-refractivity contribution in [1.82, 2.24) is 4.90 Å². The molecular weight excluding hydrogens is 334 g/mol. The number of rotatable bonds is 7. The van der Waals surface area contributed by atoms with Crippen LogP contribution >= 0.6 is 11.8 Å². The van der Waals surface area contributed by atoms with Gasteiger partial charge in [0.15, 0.2) is 11.5 Å². The molecule has 0 unspecified atom stereocenters. The van der Waals surface area contributed by atoms with Gasteiger partial charge in [-0.3, -0.25) is 4.79 Å². The van der Waals surface area contributed by atoms with Crippen LogP contribution in [0.1, 0.15) is 12.0 Å². The van der Waals surface area contributed by atoms with Crippen molar-refractivity contribution in [1.29, 1.82) is 0 Å². The molecule has 0 spiro atoms. The van der Waals surface area contributed by atoms with Crippen LogP contribution in [0.3, 0.4) is 0 Å². The van der Waals surface area contributed by atoms with Crippen LogP contribution in [0.15, 0.2) is 53.4 Å². The van der Waals surface area contributed by atoms with E-state index in [0.717, 1.165) is 35.8 Å². The van der Waals surface area contributed by atoms with Crippen LogP contribution in [0.5, 0.6) is 11.5 Å². The SMILES string of the molecule is CN(CCCc1ccccc1)C(=O)CSc1ccc2c(c1)OCCO2. The fourth-order valence-electron chi connectivity index (χ4n) is 2.66. The second-order valence-electron chi connectivity index (χ2n) is 6.00. The van der Waals surface area contributed by atoms with Crippen LogP contribution in [0.25, 0.3) is 0 Å². The molecule has 0 bridgehead atoms. The Bertz CT molecular complexity index is 705. The van der Waals surface area contributed by atoms with Gasteiger partial charge in [0.25, 0.3) is 0 Å². The Labute approximate surface area is 153 Å². The molecule has 0 fully saturated rings. The number of aryl methyl sites for hydroxylation is 1. The summed E-state index contributed by atoms with van der Waals surface area (Å²) in [5.74, 6) is 2.12. The van der Waals surface area contributed by atoms with E-state index in [1.54, 1.807) is 0 Å². The Balaban J connectivity index is 1.42. The first-order valence-corrected chi connectivity index (χ1v) is 9.51. The molecule has 2 aromatic carbocycles. The zero-order valence-corrected chi connectivity index (χ0v) is 15.3. The van der Waals surface area contributed by atoms with Crippen LogP contribution in [0.4, 0.5) is 0 Å². The predicted octanol–water partition coefficient (Wildman–Crippen LogP) is 3.64. The molecule has 1 aliphatic rings. The summed E-state index contributed by atoms with van der Waals surface area (Å²) in [5.41, 5.74) is 1.31. The van der Waals surface area contributed by atoms with Gasteiger partial charge >= 0.3 is 0 Å². The Kier molecular flexibility index (Phi) is 6.23. The summed E-state index contributed by atoms with van der Waals surface area (Å²) < 4.78 is 11.1. The third-order valence-electron chi connectivity index (χ3n) is 4.10. The molecule has 5 heteroatoms. The summed E-state index contributed by atoms with van der Waals surface area (Å²) in [6.07, 6.45) is 1.97. The monoisotopic (exact) mass is 357 g/mol. The van der Waals surface area contributed by atoms with Crippen molar-refractivity contribution < 1.29 is 14.3 Å². The van der Waals surface area contributed by atoms with Gasteiger partial charge in [0.1, 0.15) is 13.2 Å². The van der Waals surface area contributed by atoms with E-state index in [4.69, 9.17) is 9.47 Å². The maximum atomic E-state index is 12.3. The van der Waals surface area contributed by atoms with E-state index in [-0.39, 0.29) is 5.91 Å². The van der Waals surface area contributed by atoms with Gasteiger partial charge in [0.2, 0.25) is 5.91 Å². The summed E-state index contributed by atoms with van der Waals surface area (Å²) in [5, 5.41) is 0. The van der Waals surface area contributed by atoms with Crippen LogP contribution in [0, 0.1) is 0 Å². The average molecular weight is 357 g/mol. The van der Waals surface area contributed by atoms with Gasteiger partial charge in [-0.2, -0.15) is 0 Å². The van der Waals surface area contributed by atoms with Crippen molar-refractivity contribution in [3.05, 3.63) is 54.1 Å². The second-order valence-corrected chi connectivity index (χ2v) is 7.05. The summed E-state index contributed by atoms with van der Waals surface area (Å²) in [6.45, 7) is 1.94. The van der Waals surface area contributed by atoms with Gasteiger partial charge in [-0.05, 0) is 36.6 Å². The zero-order valence-electron chi connectivity index (χ0n) is 14.4. The maximum Gasteiger partial charge on any atom is 0.232 e. The van der Waals surface area contributed by atoms with Crippen molar-refractivity contribution >= 4 is 17.7 Å². The predicted molar refractivity (Wildman–Crippen MR) is 101 cm³/mol. The quantitative estimate of drug-likeness (QED) is 0.709. The van der Waals surface area contributed by atoms with Crippen molar-refractivity contribution in [3.8, 4) is 11.5 Å². The summed E-state index contributed by atoms with van der Waals surface area (Å²) in [6, 6.07) is 16.2. The molecule has 0 aromatic heterocycles. The van der Waals surface area contributed by atoms with Gasteiger partial charge in [0.05, 0.1) is 5.75 Å². The smallest absolute Gasteiger partial charge is 0.232 e. The molecule has 1 heterocycles. The number of ether oxygens (including phenoxy) is 2. The molecule has 132 valence electrons. The summed E-state index contributed by atoms with van der Waals surface area (Å²) in [4.78, 5) is 15.1. The number of nitrogens with zero attached hydrogens (tertiary/aromatic N) is 1. The zero-order chi connectivity index (χ0) is 17.5. The summed E-state index contributed by atoms with van der Waals surface area (Å²) in [7, 11) is 1.87. The largest absolute Gasteiger partial charge is 0.486 e. The van der Waals surface area contributed by atoms with Gasteiger partial charge in [-0.1, -0.05) is 30.3 Å². The number of fused-ring (bicyclic) bond motifs is 1. The van der Waals surface area contributed by atoms with Crippen molar-refractivity contribution in [2.45, 2.75) is 17.7 Å². The minimum absolute atomic E-state index is 0.146. The number of benzene rings is 2. The Morgan fingerprint density at radius 3 is 2.64 bits per heavy atom. The number of thioether (sulfide) groups is 1. The molecule has 3 rings (SSSR count). The molecule has 1 amide bonds. The van der Waals surface area contributed by atoms with Crippen molar-refractivity contribution in [2.24, 2.45) is 0 Å². The van der Waals surface area contributed by atoms with Gasteiger partial charge in [0, 0.05) is 18.5 Å². The Hall–Kier alpha value is -2.14. The van der Waals surface area contributed by atoms with Crippen LogP contribution in [-0.2, 0) is 11.2 Å². The molecule has 4 nitrogen and oxygen atoms in total. The lowest BCUT2D eigenvalue weighted by atomic mass is 10.1. The molecule has 0 N–H and O–H groups in total. The lowest BCUT2D eigenvalue weighted by molar-refractivity contribution is -0.127. The normalized spacial score (nSPS) is 12.7. The highest BCUT2D eigenvalue weighted by Crippen LogP contribution is 2.34. The van der Waals surface area contributed by atoms with Crippen molar-refractivity contribution in [3.63, 3.8) is 0 Å². The summed E-state index contributed by atoms with van der Waals surface area (Å²) >= 11 is 1.53. The first kappa shape index (κ1) is 17.7. The van der Waals surface area contributed by atoms with Gasteiger partial charge in [-0.15, -0.1) is 11.8 Å². The number of carbonyl (C=O) groups is 1. The topological polar surface area (TPSA) is 38.8 Å². The van der Waals surface area contributed by atoms with E-state index >= 15 is 0 Å². The first-order valence-electron chi connectivity index (χ1n) is 8.53. The van der Waals surface area contributed by atoms with Gasteiger partial charge in [-0.25, -0.2) is 0 Å². The minimum atomic E-state index is 0.146. The maximum absolute atomic E-state index is 12.3. The lowest BCUT2D eigenvalue weighted by Gasteiger charge is -2.19. The average Bonchev–Trinajstić information content (AvgIpc) is 2.66. The fourth-order valence-corrected chi connectivity index (χ4v) is 3.52. The van der Waals surface area contributed by atoms with E-state index in [9.17, 15) is 4.79 Å². The molecule has 1 aliphatic heterocycles. The fraction of sp³-hybridized carbons (Fsp3) is 0.350. The van der Waals surface area contributed by atoms with Gasteiger partial charge < -0.3 is 14.4 Å². The van der Waals surface area contributed by atoms with E-state index in [1.165, 1.54) is 17.3 Å². The standard InChI is InChI=1S/C20H23NO3S/c1-21(11-5-8-16-6-3-2-4-7-16)20(22)15-25-17-9-10-18-19(14-17)24-13-12-23-18/h2-4,6-7,9-10,14H,5,8,11-13,15H2,1H3. The highest BCUT2D eigenvalue weighted by atomic mass is 32.2. The molecule has 0 saturated carbocycles. The van der Waals surface area contributed by atoms with Crippen LogP contribution in [-0.4, -0.2) is 43.4 Å². The van der Waals surface area contributed by atoms with E-state index in [0.29, 0.717) is 19.0 Å². The van der Waals surface area contributed by atoms with Crippen molar-refractivity contribution in [2.75, 3.05) is 32.6 Å². The van der Waals surface area contributed by atoms with Crippen LogP contribution in [0.2, 0.25) is 0 Å². The third-order valence-corrected chi connectivity index (χ3v) is 5.08. The third kappa shape index (κ3) is 5.16. The molecule has 0 aliphatic carbocycles. The minimum Gasteiger partial charge on any atom is -0.486 e. The molecule has 2 aromatic rings. The lowest BCUT2D eigenvalue weighted by Crippen LogP contribution is -2.29. The highest BCUT2D eigenvalue weighted by molar-refractivity contribution is 8.00. The van der Waals surface area contributed by atoms with E-state index < -0.39 is 0 Å². The second kappa shape index (κ2) is 8.81.